The van der Waals surface area contributed by atoms with Gasteiger partial charge in [-0.05, 0) is 12.1 Å². The molecule has 0 saturated carbocycles. The second kappa shape index (κ2) is 5.97. The number of rotatable bonds is 2. The lowest BCUT2D eigenvalue weighted by molar-refractivity contribution is 0.0264. The molecule has 0 saturated heterocycles. The number of ether oxygens (including phenoxy) is 1. The van der Waals surface area contributed by atoms with Crippen LogP contribution in [0.5, 0.6) is 0 Å². The van der Waals surface area contributed by atoms with Gasteiger partial charge in [-0.1, -0.05) is 36.4 Å². The number of imide groups is 1. The topological polar surface area (TPSA) is 85.5 Å². The lowest BCUT2D eigenvalue weighted by Crippen LogP contribution is -2.20. The Hall–Kier alpha value is -3.68. The summed E-state index contributed by atoms with van der Waals surface area (Å²) in [5, 5.41) is 16.3. The molecule has 2 atom stereocenters. The molecule has 2 N–H and O–H groups in total. The molecule has 0 radical (unpaired) electrons. The maximum Gasteiger partial charge on any atom is 0.259 e. The summed E-state index contributed by atoms with van der Waals surface area (Å²) in [5.74, 6) is -0.747. The van der Waals surface area contributed by atoms with E-state index in [-0.39, 0.29) is 30.7 Å². The largest absolute Gasteiger partial charge is 0.394 e. The van der Waals surface area contributed by atoms with Crippen LogP contribution < -0.4 is 5.32 Å². The van der Waals surface area contributed by atoms with Crippen LogP contribution in [-0.4, -0.2) is 39.8 Å². The van der Waals surface area contributed by atoms with Crippen molar-refractivity contribution in [2.75, 3.05) is 13.7 Å². The van der Waals surface area contributed by atoms with Gasteiger partial charge in [0.05, 0.1) is 40.3 Å². The minimum atomic E-state index is -0.375. The van der Waals surface area contributed by atoms with Crippen molar-refractivity contribution in [1.82, 2.24) is 14.5 Å². The molecule has 2 aromatic heterocycles. The second-order valence-corrected chi connectivity index (χ2v) is 8.52. The highest BCUT2D eigenvalue weighted by Crippen LogP contribution is 2.49. The van der Waals surface area contributed by atoms with Crippen LogP contribution in [0.15, 0.2) is 48.5 Å². The fraction of sp³-hybridized carbons (Fsp3) is 0.200. The summed E-state index contributed by atoms with van der Waals surface area (Å²) in [6, 6.07) is 15.5. The third kappa shape index (κ3) is 1.90. The van der Waals surface area contributed by atoms with E-state index in [1.807, 2.05) is 48.5 Å². The van der Waals surface area contributed by atoms with Crippen molar-refractivity contribution in [3.05, 3.63) is 59.7 Å². The average Bonchev–Trinajstić information content (AvgIpc) is 3.39. The molecule has 158 valence electrons. The number of aliphatic hydroxyl groups excluding tert-OH is 1. The van der Waals surface area contributed by atoms with E-state index in [1.165, 1.54) is 0 Å². The lowest BCUT2D eigenvalue weighted by Gasteiger charge is -2.23. The number of aliphatic hydroxyl groups is 1. The van der Waals surface area contributed by atoms with Crippen molar-refractivity contribution < 1.29 is 19.4 Å². The third-order valence-electron chi connectivity index (χ3n) is 7.09. The van der Waals surface area contributed by atoms with Crippen molar-refractivity contribution in [3.63, 3.8) is 0 Å². The van der Waals surface area contributed by atoms with Crippen LogP contribution in [-0.2, 0) is 4.74 Å². The van der Waals surface area contributed by atoms with Gasteiger partial charge in [0.25, 0.3) is 11.8 Å². The molecule has 32 heavy (non-hydrogen) atoms. The number of hydrogen-bond acceptors (Lipinski definition) is 4. The molecule has 7 rings (SSSR count). The van der Waals surface area contributed by atoms with E-state index < -0.39 is 0 Å². The van der Waals surface area contributed by atoms with Crippen LogP contribution in [0.2, 0.25) is 0 Å². The summed E-state index contributed by atoms with van der Waals surface area (Å²) in [6.45, 7) is -0.0693. The number of carbonyl (C=O) groups is 2. The molecule has 7 nitrogen and oxygen atoms in total. The first-order valence-corrected chi connectivity index (χ1v) is 10.7. The molecular formula is C25H19N3O4. The van der Waals surface area contributed by atoms with E-state index in [9.17, 15) is 14.7 Å². The third-order valence-corrected chi connectivity index (χ3v) is 7.09. The number of aromatic nitrogens is 2. The SMILES string of the molecule is CO[C@H]1CC(CO)n2c3ccccc3c3c4c(c5c6ccccc6n1c5c32)C(=O)NC4=O. The smallest absolute Gasteiger partial charge is 0.259 e. The molecule has 7 heteroatoms. The molecular weight excluding hydrogens is 406 g/mol. The Morgan fingerprint density at radius 1 is 0.906 bits per heavy atom. The normalized spacial score (nSPS) is 20.1. The molecule has 0 fully saturated rings. The molecule has 0 bridgehead atoms. The van der Waals surface area contributed by atoms with Crippen molar-refractivity contribution in [3.8, 4) is 0 Å². The summed E-state index contributed by atoms with van der Waals surface area (Å²) in [5.41, 5.74) is 4.43. The molecule has 4 heterocycles. The number of nitrogens with one attached hydrogen (secondary N) is 1. The Balaban J connectivity index is 1.91. The number of benzene rings is 3. The summed E-state index contributed by atoms with van der Waals surface area (Å²) in [7, 11) is 1.67. The molecule has 3 aromatic carbocycles. The highest BCUT2D eigenvalue weighted by molar-refractivity contribution is 6.39. The Labute approximate surface area is 181 Å². The van der Waals surface area contributed by atoms with Gasteiger partial charge in [-0.2, -0.15) is 0 Å². The molecule has 2 aliphatic heterocycles. The van der Waals surface area contributed by atoms with Gasteiger partial charge in [0.1, 0.15) is 6.23 Å². The van der Waals surface area contributed by atoms with E-state index in [4.69, 9.17) is 4.74 Å². The Morgan fingerprint density at radius 2 is 1.44 bits per heavy atom. The van der Waals surface area contributed by atoms with Gasteiger partial charge in [-0.3, -0.25) is 14.9 Å². The molecule has 1 unspecified atom stereocenters. The molecule has 5 aromatic rings. The summed E-state index contributed by atoms with van der Waals surface area (Å²) in [6.07, 6.45) is 0.211. The van der Waals surface area contributed by atoms with Gasteiger partial charge in [0.2, 0.25) is 0 Å². The predicted octanol–water partition coefficient (Wildman–Crippen LogP) is 3.87. The van der Waals surface area contributed by atoms with E-state index in [1.54, 1.807) is 7.11 Å². The zero-order chi connectivity index (χ0) is 21.7. The first-order chi connectivity index (χ1) is 15.7. The van der Waals surface area contributed by atoms with Gasteiger partial charge in [0.15, 0.2) is 0 Å². The monoisotopic (exact) mass is 425 g/mol. The fourth-order valence-corrected chi connectivity index (χ4v) is 5.91. The minimum Gasteiger partial charge on any atom is -0.394 e. The highest BCUT2D eigenvalue weighted by atomic mass is 16.5. The number of fused-ring (bicyclic) bond motifs is 9. The second-order valence-electron chi connectivity index (χ2n) is 8.52. The van der Waals surface area contributed by atoms with E-state index >= 15 is 0 Å². The number of hydrogen-bond donors (Lipinski definition) is 2. The Bertz CT molecular complexity index is 1540. The van der Waals surface area contributed by atoms with Crippen molar-refractivity contribution in [2.45, 2.75) is 18.7 Å². The van der Waals surface area contributed by atoms with Gasteiger partial charge >= 0.3 is 0 Å². The molecule has 0 aliphatic carbocycles. The minimum absolute atomic E-state index is 0.0693. The summed E-state index contributed by atoms with van der Waals surface area (Å²) in [4.78, 5) is 26.2. The van der Waals surface area contributed by atoms with Crippen LogP contribution in [0.25, 0.3) is 43.6 Å². The number of carbonyl (C=O) groups excluding carboxylic acids is 2. The Kier molecular flexibility index (Phi) is 3.35. The van der Waals surface area contributed by atoms with Crippen LogP contribution in [0.1, 0.15) is 39.4 Å². The first kappa shape index (κ1) is 17.9. The van der Waals surface area contributed by atoms with Gasteiger partial charge in [-0.25, -0.2) is 0 Å². The maximum absolute atomic E-state index is 13.1. The average molecular weight is 425 g/mol. The summed E-state index contributed by atoms with van der Waals surface area (Å²) < 4.78 is 10.2. The Morgan fingerprint density at radius 3 is 2.00 bits per heavy atom. The van der Waals surface area contributed by atoms with Crippen molar-refractivity contribution >= 4 is 55.4 Å². The lowest BCUT2D eigenvalue weighted by atomic mass is 9.96. The standard InChI is InChI=1S/C25H19N3O4/c1-32-17-10-12(11-29)27-15-8-4-2-6-13(15)18-20-21(25(31)26-24(20)30)19-14-7-3-5-9-16(14)28(17)23(19)22(18)27/h2-9,12,17,29H,10-11H2,1H3,(H,26,30,31)/t12?,17-/m0/s1. The first-order valence-electron chi connectivity index (χ1n) is 10.7. The van der Waals surface area contributed by atoms with Gasteiger partial charge < -0.3 is 19.0 Å². The number of methoxy groups -OCH3 is 1. The van der Waals surface area contributed by atoms with Crippen LogP contribution in [0.4, 0.5) is 0 Å². The highest BCUT2D eigenvalue weighted by Gasteiger charge is 2.39. The predicted molar refractivity (Wildman–Crippen MR) is 121 cm³/mol. The molecule has 0 spiro atoms. The maximum atomic E-state index is 13.1. The van der Waals surface area contributed by atoms with Crippen LogP contribution in [0, 0.1) is 0 Å². The van der Waals surface area contributed by atoms with Crippen LogP contribution >= 0.6 is 0 Å². The van der Waals surface area contributed by atoms with E-state index in [0.29, 0.717) is 17.5 Å². The zero-order valence-electron chi connectivity index (χ0n) is 17.3. The quantitative estimate of drug-likeness (QED) is 0.421. The van der Waals surface area contributed by atoms with Gasteiger partial charge in [0, 0.05) is 40.6 Å². The molecule has 2 aliphatic rings. The summed E-state index contributed by atoms with van der Waals surface area (Å²) >= 11 is 0. The zero-order valence-corrected chi connectivity index (χ0v) is 17.3. The number of nitrogens with zero attached hydrogens (tertiary/aromatic N) is 2. The van der Waals surface area contributed by atoms with E-state index in [0.717, 1.165) is 43.6 Å². The van der Waals surface area contributed by atoms with Gasteiger partial charge in [-0.15, -0.1) is 0 Å². The fourth-order valence-electron chi connectivity index (χ4n) is 5.91. The van der Waals surface area contributed by atoms with E-state index in [2.05, 4.69) is 14.5 Å². The molecule has 2 amide bonds. The van der Waals surface area contributed by atoms with Crippen molar-refractivity contribution in [1.29, 1.82) is 0 Å². The van der Waals surface area contributed by atoms with Crippen molar-refractivity contribution in [2.24, 2.45) is 0 Å². The number of amides is 2. The number of para-hydroxylation sites is 2. The van der Waals surface area contributed by atoms with Crippen LogP contribution in [0.3, 0.4) is 0 Å².